The molecule has 3 nitrogen and oxygen atoms in total. The first-order chi connectivity index (χ1) is 8.20. The third-order valence-electron chi connectivity index (χ3n) is 3.63. The number of aromatic nitrogens is 2. The van der Waals surface area contributed by atoms with Gasteiger partial charge in [-0.3, -0.25) is 9.58 Å². The molecule has 0 spiro atoms. The second kappa shape index (κ2) is 6.01. The number of aryl methyl sites for hydroxylation is 2. The van der Waals surface area contributed by atoms with Crippen LogP contribution in [0.25, 0.3) is 0 Å². The Morgan fingerprint density at radius 3 is 2.76 bits per heavy atom. The normalized spacial score (nSPS) is 16.5. The molecule has 1 aliphatic rings. The maximum Gasteiger partial charge on any atom is 0.0597 e. The number of alkyl halides is 1. The highest BCUT2D eigenvalue weighted by molar-refractivity contribution is 9.09. The molecule has 0 amide bonds. The Morgan fingerprint density at radius 2 is 2.29 bits per heavy atom. The molecule has 1 aromatic heterocycles. The summed E-state index contributed by atoms with van der Waals surface area (Å²) in [6.07, 6.45) is 5.38. The Morgan fingerprint density at radius 1 is 1.53 bits per heavy atom. The van der Waals surface area contributed by atoms with Gasteiger partial charge in [0.05, 0.1) is 11.4 Å². The Balaban J connectivity index is 1.98. The second-order valence-electron chi connectivity index (χ2n) is 5.00. The van der Waals surface area contributed by atoms with Crippen LogP contribution >= 0.6 is 15.9 Å². The molecular weight excluding hydrogens is 278 g/mol. The van der Waals surface area contributed by atoms with E-state index < -0.39 is 0 Å². The number of hydrogen-bond donors (Lipinski definition) is 0. The predicted molar refractivity (Wildman–Crippen MR) is 74.4 cm³/mol. The third kappa shape index (κ3) is 3.32. The summed E-state index contributed by atoms with van der Waals surface area (Å²) < 4.78 is 2.02. The van der Waals surface area contributed by atoms with Crippen molar-refractivity contribution in [3.05, 3.63) is 17.5 Å². The van der Waals surface area contributed by atoms with Crippen molar-refractivity contribution < 1.29 is 0 Å². The molecule has 1 aromatic rings. The Hall–Kier alpha value is -0.350. The van der Waals surface area contributed by atoms with Crippen molar-refractivity contribution in [2.75, 3.05) is 11.9 Å². The van der Waals surface area contributed by atoms with Gasteiger partial charge in [-0.15, -0.1) is 0 Å². The van der Waals surface area contributed by atoms with Gasteiger partial charge < -0.3 is 0 Å². The van der Waals surface area contributed by atoms with Crippen molar-refractivity contribution >= 4 is 15.9 Å². The van der Waals surface area contributed by atoms with Gasteiger partial charge in [0.15, 0.2) is 0 Å². The highest BCUT2D eigenvalue weighted by atomic mass is 79.9. The van der Waals surface area contributed by atoms with E-state index in [2.05, 4.69) is 38.9 Å². The van der Waals surface area contributed by atoms with Crippen molar-refractivity contribution in [3.63, 3.8) is 0 Å². The van der Waals surface area contributed by atoms with E-state index >= 15 is 0 Å². The average Bonchev–Trinajstić information content (AvgIpc) is 2.51. The van der Waals surface area contributed by atoms with Gasteiger partial charge in [-0.25, -0.2) is 0 Å². The molecule has 17 heavy (non-hydrogen) atoms. The van der Waals surface area contributed by atoms with Crippen LogP contribution in [0, 0.1) is 6.92 Å². The molecule has 1 heterocycles. The van der Waals surface area contributed by atoms with E-state index in [0.717, 1.165) is 23.6 Å². The summed E-state index contributed by atoms with van der Waals surface area (Å²) in [6, 6.07) is 3.02. The number of nitrogens with zero attached hydrogens (tertiary/aromatic N) is 3. The van der Waals surface area contributed by atoms with Crippen molar-refractivity contribution in [2.45, 2.75) is 45.2 Å². The van der Waals surface area contributed by atoms with Crippen LogP contribution in [0.2, 0.25) is 0 Å². The Labute approximate surface area is 112 Å². The molecule has 0 N–H and O–H groups in total. The fraction of sp³-hybridized carbons (Fsp3) is 0.769. The predicted octanol–water partition coefficient (Wildman–Crippen LogP) is 2.87. The highest BCUT2D eigenvalue weighted by Gasteiger charge is 2.25. The molecule has 1 aliphatic carbocycles. The molecule has 0 bridgehead atoms. The first-order valence-corrected chi connectivity index (χ1v) is 7.62. The van der Waals surface area contributed by atoms with E-state index in [1.165, 1.54) is 37.9 Å². The average molecular weight is 300 g/mol. The summed E-state index contributed by atoms with van der Waals surface area (Å²) in [6.45, 7) is 4.31. The molecule has 0 saturated heterocycles. The van der Waals surface area contributed by atoms with Gasteiger partial charge in [0.2, 0.25) is 0 Å². The van der Waals surface area contributed by atoms with Gasteiger partial charge in [-0.1, -0.05) is 22.4 Å². The highest BCUT2D eigenvalue weighted by Crippen LogP contribution is 2.26. The molecule has 0 aromatic carbocycles. The molecule has 1 fully saturated rings. The number of rotatable bonds is 6. The largest absolute Gasteiger partial charge is 0.295 e. The minimum absolute atomic E-state index is 0.809. The maximum atomic E-state index is 4.43. The summed E-state index contributed by atoms with van der Waals surface area (Å²) in [5.74, 6) is 0. The fourth-order valence-electron chi connectivity index (χ4n) is 2.43. The van der Waals surface area contributed by atoms with Crippen LogP contribution in [-0.2, 0) is 13.6 Å². The SMILES string of the molecule is Cc1cc(CN(CCCBr)C2CCC2)n(C)n1. The van der Waals surface area contributed by atoms with Gasteiger partial charge in [0.1, 0.15) is 0 Å². The maximum absolute atomic E-state index is 4.43. The second-order valence-corrected chi connectivity index (χ2v) is 5.79. The van der Waals surface area contributed by atoms with E-state index in [4.69, 9.17) is 0 Å². The molecule has 0 unspecified atom stereocenters. The van der Waals surface area contributed by atoms with Gasteiger partial charge in [-0.05, 0) is 38.8 Å². The van der Waals surface area contributed by atoms with Crippen LogP contribution in [-0.4, -0.2) is 32.6 Å². The summed E-state index contributed by atoms with van der Waals surface area (Å²) in [5, 5.41) is 5.53. The lowest BCUT2D eigenvalue weighted by Gasteiger charge is -2.37. The Bertz CT molecular complexity index is 358. The van der Waals surface area contributed by atoms with E-state index in [0.29, 0.717) is 0 Å². The fourth-order valence-corrected chi connectivity index (χ4v) is 2.68. The third-order valence-corrected chi connectivity index (χ3v) is 4.19. The zero-order valence-electron chi connectivity index (χ0n) is 10.8. The standard InChI is InChI=1S/C13H22BrN3/c1-11-9-13(16(2)15-11)10-17(8-4-7-14)12-5-3-6-12/h9,12H,3-8,10H2,1-2H3. The quantitative estimate of drug-likeness (QED) is 0.753. The van der Waals surface area contributed by atoms with Crippen molar-refractivity contribution in [1.29, 1.82) is 0 Å². The topological polar surface area (TPSA) is 21.1 Å². The molecule has 0 aliphatic heterocycles. The summed E-state index contributed by atoms with van der Waals surface area (Å²) in [4.78, 5) is 2.63. The minimum Gasteiger partial charge on any atom is -0.295 e. The van der Waals surface area contributed by atoms with Crippen LogP contribution in [0.15, 0.2) is 6.07 Å². The van der Waals surface area contributed by atoms with Crippen LogP contribution in [0.4, 0.5) is 0 Å². The lowest BCUT2D eigenvalue weighted by molar-refractivity contribution is 0.117. The molecule has 1 saturated carbocycles. The van der Waals surface area contributed by atoms with Crippen LogP contribution in [0.1, 0.15) is 37.1 Å². The smallest absolute Gasteiger partial charge is 0.0597 e. The lowest BCUT2D eigenvalue weighted by atomic mass is 9.91. The molecule has 4 heteroatoms. The van der Waals surface area contributed by atoms with E-state index in [1.54, 1.807) is 0 Å². The molecular formula is C13H22BrN3. The lowest BCUT2D eigenvalue weighted by Crippen LogP contribution is -2.40. The molecule has 0 radical (unpaired) electrons. The van der Waals surface area contributed by atoms with E-state index in [1.807, 2.05) is 11.7 Å². The molecule has 2 rings (SSSR count). The van der Waals surface area contributed by atoms with Crippen molar-refractivity contribution in [1.82, 2.24) is 14.7 Å². The first-order valence-electron chi connectivity index (χ1n) is 6.50. The van der Waals surface area contributed by atoms with Gasteiger partial charge >= 0.3 is 0 Å². The number of hydrogen-bond acceptors (Lipinski definition) is 2. The van der Waals surface area contributed by atoms with Crippen LogP contribution < -0.4 is 0 Å². The zero-order valence-corrected chi connectivity index (χ0v) is 12.4. The summed E-state index contributed by atoms with van der Waals surface area (Å²) in [7, 11) is 2.05. The summed E-state index contributed by atoms with van der Waals surface area (Å²) in [5.41, 5.74) is 2.46. The monoisotopic (exact) mass is 299 g/mol. The van der Waals surface area contributed by atoms with Crippen molar-refractivity contribution in [3.8, 4) is 0 Å². The van der Waals surface area contributed by atoms with Gasteiger partial charge in [0, 0.05) is 25.0 Å². The Kier molecular flexibility index (Phi) is 4.62. The van der Waals surface area contributed by atoms with Gasteiger partial charge in [0.25, 0.3) is 0 Å². The van der Waals surface area contributed by atoms with Crippen LogP contribution in [0.3, 0.4) is 0 Å². The first kappa shape index (κ1) is 13.1. The van der Waals surface area contributed by atoms with E-state index in [-0.39, 0.29) is 0 Å². The zero-order chi connectivity index (χ0) is 12.3. The summed E-state index contributed by atoms with van der Waals surface area (Å²) >= 11 is 3.53. The molecule has 96 valence electrons. The van der Waals surface area contributed by atoms with Gasteiger partial charge in [-0.2, -0.15) is 5.10 Å². The number of halogens is 1. The molecule has 0 atom stereocenters. The van der Waals surface area contributed by atoms with Crippen molar-refractivity contribution in [2.24, 2.45) is 7.05 Å². The minimum atomic E-state index is 0.809. The van der Waals surface area contributed by atoms with Crippen LogP contribution in [0.5, 0.6) is 0 Å². The van der Waals surface area contributed by atoms with E-state index in [9.17, 15) is 0 Å².